The molecule has 0 spiro atoms. The fourth-order valence-electron chi connectivity index (χ4n) is 2.71. The van der Waals surface area contributed by atoms with E-state index in [1.807, 2.05) is 0 Å². The van der Waals surface area contributed by atoms with Crippen LogP contribution in [0.4, 0.5) is 0 Å². The number of epoxide rings is 1. The van der Waals surface area contributed by atoms with Crippen molar-refractivity contribution in [3.63, 3.8) is 0 Å². The molecule has 0 bridgehead atoms. The molecule has 0 unspecified atom stereocenters. The van der Waals surface area contributed by atoms with E-state index in [-0.39, 0.29) is 0 Å². The van der Waals surface area contributed by atoms with E-state index in [0.717, 1.165) is 5.92 Å². The summed E-state index contributed by atoms with van der Waals surface area (Å²) in [5.74, 6) is 0.865. The summed E-state index contributed by atoms with van der Waals surface area (Å²) in [4.78, 5) is 0. The predicted molar refractivity (Wildman–Crippen MR) is 80.0 cm³/mol. The zero-order valence-electron chi connectivity index (χ0n) is 12.9. The second kappa shape index (κ2) is 9.83. The summed E-state index contributed by atoms with van der Waals surface area (Å²) in [5, 5.41) is 0. The van der Waals surface area contributed by atoms with Crippen LogP contribution in [0.1, 0.15) is 91.4 Å². The van der Waals surface area contributed by atoms with Crippen LogP contribution in [0.25, 0.3) is 0 Å². The Bertz CT molecular complexity index is 188. The van der Waals surface area contributed by atoms with Crippen LogP contribution in [0.15, 0.2) is 0 Å². The summed E-state index contributed by atoms with van der Waals surface area (Å²) in [5.41, 5.74) is 0. The number of unbranched alkanes of at least 4 members (excludes halogenated alkanes) is 6. The molecule has 108 valence electrons. The molecule has 0 aliphatic carbocycles. The average Bonchev–Trinajstić information content (AvgIpc) is 3.08. The van der Waals surface area contributed by atoms with E-state index >= 15 is 0 Å². The van der Waals surface area contributed by atoms with Gasteiger partial charge in [0.1, 0.15) is 0 Å². The summed E-state index contributed by atoms with van der Waals surface area (Å²) in [6.45, 7) is 6.91. The molecule has 0 aromatic rings. The molecule has 0 N–H and O–H groups in total. The van der Waals surface area contributed by atoms with Gasteiger partial charge in [0.2, 0.25) is 0 Å². The molecule has 0 aromatic carbocycles. The highest BCUT2D eigenvalue weighted by Gasteiger charge is 2.36. The Balaban J connectivity index is 1.80. The van der Waals surface area contributed by atoms with Crippen LogP contribution in [0.3, 0.4) is 0 Å². The Morgan fingerprint density at radius 2 is 1.33 bits per heavy atom. The van der Waals surface area contributed by atoms with Gasteiger partial charge in [-0.2, -0.15) is 0 Å². The first kappa shape index (κ1) is 16.0. The van der Waals surface area contributed by atoms with Crippen molar-refractivity contribution in [3.05, 3.63) is 0 Å². The van der Waals surface area contributed by atoms with Gasteiger partial charge >= 0.3 is 0 Å². The maximum atomic E-state index is 5.75. The van der Waals surface area contributed by atoms with Crippen LogP contribution < -0.4 is 0 Å². The molecule has 0 aromatic heterocycles. The summed E-state index contributed by atoms with van der Waals surface area (Å²) < 4.78 is 5.75. The molecule has 1 heterocycles. The Morgan fingerprint density at radius 3 is 1.94 bits per heavy atom. The Morgan fingerprint density at radius 1 is 0.778 bits per heavy atom. The summed E-state index contributed by atoms with van der Waals surface area (Å²) in [6, 6.07) is 0. The fourth-order valence-corrected chi connectivity index (χ4v) is 2.71. The highest BCUT2D eigenvalue weighted by molar-refractivity contribution is 4.84. The van der Waals surface area contributed by atoms with Gasteiger partial charge in [-0.3, -0.25) is 0 Å². The van der Waals surface area contributed by atoms with Crippen molar-refractivity contribution in [2.24, 2.45) is 5.92 Å². The number of hydrogen-bond acceptors (Lipinski definition) is 1. The first-order valence-corrected chi connectivity index (χ1v) is 8.39. The maximum absolute atomic E-state index is 5.75. The topological polar surface area (TPSA) is 12.5 Å². The third-order valence-corrected chi connectivity index (χ3v) is 4.05. The number of rotatable bonds is 12. The first-order chi connectivity index (χ1) is 8.74. The van der Waals surface area contributed by atoms with Gasteiger partial charge in [0, 0.05) is 0 Å². The van der Waals surface area contributed by atoms with Gasteiger partial charge in [-0.15, -0.1) is 0 Å². The molecule has 1 aliphatic rings. The van der Waals surface area contributed by atoms with Crippen LogP contribution in [-0.2, 0) is 4.74 Å². The second-order valence-corrected chi connectivity index (χ2v) is 6.45. The van der Waals surface area contributed by atoms with Gasteiger partial charge in [0.25, 0.3) is 0 Å². The zero-order valence-corrected chi connectivity index (χ0v) is 12.9. The van der Waals surface area contributed by atoms with Crippen molar-refractivity contribution in [3.8, 4) is 0 Å². The minimum Gasteiger partial charge on any atom is -0.370 e. The third kappa shape index (κ3) is 8.13. The van der Waals surface area contributed by atoms with Crippen LogP contribution in [0.5, 0.6) is 0 Å². The van der Waals surface area contributed by atoms with Gasteiger partial charge in [-0.25, -0.2) is 0 Å². The Labute approximate surface area is 115 Å². The van der Waals surface area contributed by atoms with E-state index in [4.69, 9.17) is 4.74 Å². The first-order valence-electron chi connectivity index (χ1n) is 8.39. The molecule has 2 atom stereocenters. The van der Waals surface area contributed by atoms with E-state index in [1.54, 1.807) is 0 Å². The largest absolute Gasteiger partial charge is 0.370 e. The highest BCUT2D eigenvalue weighted by atomic mass is 16.6. The smallest absolute Gasteiger partial charge is 0.0841 e. The van der Waals surface area contributed by atoms with Crippen LogP contribution in [0, 0.1) is 5.92 Å². The van der Waals surface area contributed by atoms with E-state index in [2.05, 4.69) is 20.8 Å². The van der Waals surface area contributed by atoms with Crippen molar-refractivity contribution in [2.75, 3.05) is 0 Å². The third-order valence-electron chi connectivity index (χ3n) is 4.05. The molecule has 1 heteroatoms. The van der Waals surface area contributed by atoms with Gasteiger partial charge in [-0.1, -0.05) is 78.6 Å². The molecule has 1 nitrogen and oxygen atoms in total. The van der Waals surface area contributed by atoms with Crippen molar-refractivity contribution in [1.29, 1.82) is 0 Å². The average molecular weight is 254 g/mol. The predicted octanol–water partition coefficient (Wildman–Crippen LogP) is 5.72. The summed E-state index contributed by atoms with van der Waals surface area (Å²) in [6.07, 6.45) is 16.5. The van der Waals surface area contributed by atoms with Crippen molar-refractivity contribution < 1.29 is 4.74 Å². The molecular weight excluding hydrogens is 220 g/mol. The lowest BCUT2D eigenvalue weighted by atomic mass is 10.0. The van der Waals surface area contributed by atoms with Crippen molar-refractivity contribution in [1.82, 2.24) is 0 Å². The lowest BCUT2D eigenvalue weighted by Crippen LogP contribution is -1.95. The SMILES string of the molecule is CCCCCCCC[C@@H]1O[C@@H]1CCCCC(C)C. The standard InChI is InChI=1S/C17H34O/c1-4-5-6-7-8-9-13-16-17(18-16)14-11-10-12-15(2)3/h15-17H,4-14H2,1-3H3/t16-,17+/m0/s1. The maximum Gasteiger partial charge on any atom is 0.0841 e. The van der Waals surface area contributed by atoms with Crippen LogP contribution in [-0.4, -0.2) is 12.2 Å². The van der Waals surface area contributed by atoms with E-state index in [1.165, 1.54) is 70.6 Å². The molecule has 0 amide bonds. The molecular formula is C17H34O. The summed E-state index contributed by atoms with van der Waals surface area (Å²) >= 11 is 0. The lowest BCUT2D eigenvalue weighted by Gasteiger charge is -2.02. The molecule has 1 aliphatic heterocycles. The lowest BCUT2D eigenvalue weighted by molar-refractivity contribution is 0.346. The van der Waals surface area contributed by atoms with Gasteiger partial charge < -0.3 is 4.74 Å². The number of ether oxygens (including phenoxy) is 1. The molecule has 1 fully saturated rings. The fraction of sp³-hybridized carbons (Fsp3) is 1.00. The van der Waals surface area contributed by atoms with Crippen molar-refractivity contribution in [2.45, 2.75) is 104 Å². The molecule has 1 saturated heterocycles. The van der Waals surface area contributed by atoms with Crippen LogP contribution >= 0.6 is 0 Å². The second-order valence-electron chi connectivity index (χ2n) is 6.45. The van der Waals surface area contributed by atoms with Gasteiger partial charge in [0.15, 0.2) is 0 Å². The Kier molecular flexibility index (Phi) is 8.75. The molecule has 1 rings (SSSR count). The minimum atomic E-state index is 0.632. The number of hydrogen-bond donors (Lipinski definition) is 0. The van der Waals surface area contributed by atoms with Gasteiger partial charge in [0.05, 0.1) is 12.2 Å². The normalized spacial score (nSPS) is 22.7. The van der Waals surface area contributed by atoms with Gasteiger partial charge in [-0.05, 0) is 18.8 Å². The van der Waals surface area contributed by atoms with Crippen LogP contribution in [0.2, 0.25) is 0 Å². The van der Waals surface area contributed by atoms with E-state index in [0.29, 0.717) is 12.2 Å². The Hall–Kier alpha value is -0.0400. The van der Waals surface area contributed by atoms with Crippen molar-refractivity contribution >= 4 is 0 Å². The molecule has 0 radical (unpaired) electrons. The van der Waals surface area contributed by atoms with E-state index in [9.17, 15) is 0 Å². The monoisotopic (exact) mass is 254 g/mol. The van der Waals surface area contributed by atoms with E-state index < -0.39 is 0 Å². The zero-order chi connectivity index (χ0) is 13.2. The summed E-state index contributed by atoms with van der Waals surface area (Å²) in [7, 11) is 0. The highest BCUT2D eigenvalue weighted by Crippen LogP contribution is 2.31. The minimum absolute atomic E-state index is 0.632. The molecule has 0 saturated carbocycles. The molecule has 18 heavy (non-hydrogen) atoms. The quantitative estimate of drug-likeness (QED) is 0.320.